The highest BCUT2D eigenvalue weighted by atomic mass is 16.5. The van der Waals surface area contributed by atoms with Crippen LogP contribution >= 0.6 is 0 Å². The first kappa shape index (κ1) is 14.9. The standard InChI is InChI=1S/C20H16O3/c21-20(22)19-13-17(23-14-15-7-3-1-4-8-15)11-12-18(19)16-9-5-2-6-10-16/h1-13H,14H2,(H,21,22). The lowest BCUT2D eigenvalue weighted by molar-refractivity contribution is 0.0697. The van der Waals surface area contributed by atoms with Crippen LogP contribution in [0.3, 0.4) is 0 Å². The Kier molecular flexibility index (Phi) is 4.39. The fourth-order valence-electron chi connectivity index (χ4n) is 2.40. The minimum atomic E-state index is -0.964. The molecule has 0 amide bonds. The molecule has 3 aromatic rings. The Balaban J connectivity index is 1.86. The van der Waals surface area contributed by atoms with Crippen molar-refractivity contribution < 1.29 is 14.6 Å². The van der Waals surface area contributed by atoms with Gasteiger partial charge in [-0.3, -0.25) is 0 Å². The van der Waals surface area contributed by atoms with Crippen molar-refractivity contribution in [2.75, 3.05) is 0 Å². The molecule has 0 aliphatic rings. The lowest BCUT2D eigenvalue weighted by atomic mass is 9.99. The summed E-state index contributed by atoms with van der Waals surface area (Å²) in [5.74, 6) is -0.417. The molecule has 0 fully saturated rings. The van der Waals surface area contributed by atoms with Crippen molar-refractivity contribution in [1.82, 2.24) is 0 Å². The van der Waals surface area contributed by atoms with Gasteiger partial charge in [-0.1, -0.05) is 60.7 Å². The zero-order chi connectivity index (χ0) is 16.1. The first-order chi connectivity index (χ1) is 11.2. The third-order valence-corrected chi connectivity index (χ3v) is 3.55. The van der Waals surface area contributed by atoms with Crippen LogP contribution in [0.25, 0.3) is 11.1 Å². The molecular weight excluding hydrogens is 288 g/mol. The van der Waals surface area contributed by atoms with Crippen LogP contribution in [-0.2, 0) is 6.61 Å². The van der Waals surface area contributed by atoms with Gasteiger partial charge >= 0.3 is 5.97 Å². The van der Waals surface area contributed by atoms with Crippen molar-refractivity contribution in [2.45, 2.75) is 6.61 Å². The van der Waals surface area contributed by atoms with E-state index in [0.717, 1.165) is 11.1 Å². The zero-order valence-electron chi connectivity index (χ0n) is 12.5. The molecule has 0 radical (unpaired) electrons. The van der Waals surface area contributed by atoms with Crippen molar-refractivity contribution in [2.24, 2.45) is 0 Å². The molecule has 3 nitrogen and oxygen atoms in total. The summed E-state index contributed by atoms with van der Waals surface area (Å²) < 4.78 is 5.71. The summed E-state index contributed by atoms with van der Waals surface area (Å²) in [5.41, 5.74) is 2.84. The fourth-order valence-corrected chi connectivity index (χ4v) is 2.40. The summed E-state index contributed by atoms with van der Waals surface area (Å²) in [6.45, 7) is 0.407. The minimum absolute atomic E-state index is 0.238. The number of hydrogen-bond acceptors (Lipinski definition) is 2. The van der Waals surface area contributed by atoms with Crippen LogP contribution in [0.5, 0.6) is 5.75 Å². The molecule has 0 heterocycles. The van der Waals surface area contributed by atoms with Crippen LogP contribution in [0.2, 0.25) is 0 Å². The maximum Gasteiger partial charge on any atom is 0.336 e. The molecule has 0 aliphatic carbocycles. The van der Waals surface area contributed by atoms with Crippen LogP contribution in [0.15, 0.2) is 78.9 Å². The second-order valence-corrected chi connectivity index (χ2v) is 5.15. The van der Waals surface area contributed by atoms with Gasteiger partial charge in [0, 0.05) is 0 Å². The van der Waals surface area contributed by atoms with Gasteiger partial charge in [0.25, 0.3) is 0 Å². The molecule has 0 aromatic heterocycles. The molecule has 0 saturated heterocycles. The summed E-state index contributed by atoms with van der Waals surface area (Å²) in [7, 11) is 0. The molecule has 0 bridgehead atoms. The van der Waals surface area contributed by atoms with E-state index in [4.69, 9.17) is 4.74 Å². The molecule has 0 unspecified atom stereocenters. The third-order valence-electron chi connectivity index (χ3n) is 3.55. The Bertz CT molecular complexity index is 796. The van der Waals surface area contributed by atoms with E-state index in [1.54, 1.807) is 18.2 Å². The molecule has 1 N–H and O–H groups in total. The van der Waals surface area contributed by atoms with Crippen LogP contribution < -0.4 is 4.74 Å². The molecule has 3 aromatic carbocycles. The lowest BCUT2D eigenvalue weighted by Crippen LogP contribution is -2.02. The van der Waals surface area contributed by atoms with E-state index < -0.39 is 5.97 Å². The monoisotopic (exact) mass is 304 g/mol. The van der Waals surface area contributed by atoms with Crippen molar-refractivity contribution >= 4 is 5.97 Å². The van der Waals surface area contributed by atoms with Gasteiger partial charge in [-0.15, -0.1) is 0 Å². The quantitative estimate of drug-likeness (QED) is 0.747. The normalized spacial score (nSPS) is 10.3. The molecule has 3 rings (SSSR count). The molecule has 0 spiro atoms. The van der Waals surface area contributed by atoms with E-state index in [9.17, 15) is 9.90 Å². The second-order valence-electron chi connectivity index (χ2n) is 5.15. The topological polar surface area (TPSA) is 46.5 Å². The van der Waals surface area contributed by atoms with Gasteiger partial charge in [-0.2, -0.15) is 0 Å². The van der Waals surface area contributed by atoms with Gasteiger partial charge < -0.3 is 9.84 Å². The SMILES string of the molecule is O=C(O)c1cc(OCc2ccccc2)ccc1-c1ccccc1. The maximum absolute atomic E-state index is 11.6. The van der Waals surface area contributed by atoms with Crippen molar-refractivity contribution in [3.8, 4) is 16.9 Å². The highest BCUT2D eigenvalue weighted by Crippen LogP contribution is 2.27. The second kappa shape index (κ2) is 6.79. The van der Waals surface area contributed by atoms with Gasteiger partial charge in [-0.05, 0) is 34.9 Å². The predicted octanol–water partition coefficient (Wildman–Crippen LogP) is 4.63. The lowest BCUT2D eigenvalue weighted by Gasteiger charge is -2.11. The summed E-state index contributed by atoms with van der Waals surface area (Å²) >= 11 is 0. The van der Waals surface area contributed by atoms with Gasteiger partial charge in [0.1, 0.15) is 12.4 Å². The van der Waals surface area contributed by atoms with E-state index in [-0.39, 0.29) is 5.56 Å². The van der Waals surface area contributed by atoms with Gasteiger partial charge in [0.2, 0.25) is 0 Å². The highest BCUT2D eigenvalue weighted by Gasteiger charge is 2.13. The summed E-state index contributed by atoms with van der Waals surface area (Å²) in [6.07, 6.45) is 0. The maximum atomic E-state index is 11.6. The number of benzene rings is 3. The van der Waals surface area contributed by atoms with E-state index in [0.29, 0.717) is 17.9 Å². The number of aromatic carboxylic acids is 1. The molecule has 3 heteroatoms. The molecule has 0 aliphatic heterocycles. The predicted molar refractivity (Wildman–Crippen MR) is 89.6 cm³/mol. The van der Waals surface area contributed by atoms with Gasteiger partial charge in [-0.25, -0.2) is 4.79 Å². The van der Waals surface area contributed by atoms with E-state index >= 15 is 0 Å². The number of rotatable bonds is 5. The largest absolute Gasteiger partial charge is 0.489 e. The van der Waals surface area contributed by atoms with Crippen LogP contribution in [0, 0.1) is 0 Å². The summed E-state index contributed by atoms with van der Waals surface area (Å²) in [5, 5.41) is 9.48. The Labute approximate surface area is 134 Å². The third kappa shape index (κ3) is 3.58. The molecule has 0 saturated carbocycles. The molecule has 23 heavy (non-hydrogen) atoms. The Morgan fingerprint density at radius 1 is 0.870 bits per heavy atom. The number of hydrogen-bond donors (Lipinski definition) is 1. The summed E-state index contributed by atoms with van der Waals surface area (Å²) in [4.78, 5) is 11.6. The van der Waals surface area contributed by atoms with Crippen LogP contribution in [-0.4, -0.2) is 11.1 Å². The smallest absolute Gasteiger partial charge is 0.336 e. The van der Waals surface area contributed by atoms with Crippen molar-refractivity contribution in [3.05, 3.63) is 90.0 Å². The minimum Gasteiger partial charge on any atom is -0.489 e. The number of carboxylic acid groups (broad SMARTS) is 1. The zero-order valence-corrected chi connectivity index (χ0v) is 12.5. The highest BCUT2D eigenvalue weighted by molar-refractivity contribution is 5.96. The van der Waals surface area contributed by atoms with Crippen molar-refractivity contribution in [3.63, 3.8) is 0 Å². The van der Waals surface area contributed by atoms with Crippen molar-refractivity contribution in [1.29, 1.82) is 0 Å². The van der Waals surface area contributed by atoms with Crippen LogP contribution in [0.1, 0.15) is 15.9 Å². The van der Waals surface area contributed by atoms with E-state index in [2.05, 4.69) is 0 Å². The first-order valence-corrected chi connectivity index (χ1v) is 7.33. The average molecular weight is 304 g/mol. The Hall–Kier alpha value is -3.07. The first-order valence-electron chi connectivity index (χ1n) is 7.33. The average Bonchev–Trinajstić information content (AvgIpc) is 2.61. The van der Waals surface area contributed by atoms with Gasteiger partial charge in [0.05, 0.1) is 5.56 Å². The Morgan fingerprint density at radius 2 is 1.52 bits per heavy atom. The fraction of sp³-hybridized carbons (Fsp3) is 0.0500. The van der Waals surface area contributed by atoms with E-state index in [1.165, 1.54) is 0 Å². The van der Waals surface area contributed by atoms with E-state index in [1.807, 2.05) is 60.7 Å². The number of ether oxygens (including phenoxy) is 1. The molecular formula is C20H16O3. The number of carboxylic acids is 1. The molecule has 0 atom stereocenters. The molecule has 114 valence electrons. The van der Waals surface area contributed by atoms with Gasteiger partial charge in [0.15, 0.2) is 0 Å². The Morgan fingerprint density at radius 3 is 2.17 bits per heavy atom. The summed E-state index contributed by atoms with van der Waals surface area (Å²) in [6, 6.07) is 24.4. The van der Waals surface area contributed by atoms with Crippen LogP contribution in [0.4, 0.5) is 0 Å². The number of carbonyl (C=O) groups is 1.